The maximum atomic E-state index is 12.4. The summed E-state index contributed by atoms with van der Waals surface area (Å²) in [5, 5.41) is 16.3. The number of tetrazole rings is 1. The zero-order chi connectivity index (χ0) is 14.1. The fraction of sp³-hybridized carbons (Fsp3) is 0.500. The minimum absolute atomic E-state index is 0.127. The number of hydrogen-bond acceptors (Lipinski definition) is 5. The van der Waals surface area contributed by atoms with E-state index in [2.05, 4.69) is 39.1 Å². The van der Waals surface area contributed by atoms with Crippen molar-refractivity contribution in [2.45, 2.75) is 25.8 Å². The number of nitrogens with one attached hydrogen (secondary N) is 1. The topological polar surface area (TPSA) is 75.9 Å². The van der Waals surface area contributed by atoms with Crippen LogP contribution < -0.4 is 5.32 Å². The Morgan fingerprint density at radius 2 is 2.45 bits per heavy atom. The van der Waals surface area contributed by atoms with Crippen LogP contribution in [0, 0.1) is 0 Å². The molecule has 0 spiro atoms. The molecule has 2 aromatic heterocycles. The number of hydrogen-bond donors (Lipinski definition) is 1. The lowest BCUT2D eigenvalue weighted by molar-refractivity contribution is 0.181. The first-order valence-corrected chi connectivity index (χ1v) is 7.45. The van der Waals surface area contributed by atoms with Crippen LogP contribution in [0.5, 0.6) is 0 Å². The molecule has 1 atom stereocenters. The second-order valence-corrected chi connectivity index (χ2v) is 5.70. The normalized spacial score (nSPS) is 17.9. The highest BCUT2D eigenvalue weighted by atomic mass is 32.1. The molecule has 3 rings (SSSR count). The first-order chi connectivity index (χ1) is 9.69. The number of nitrogens with zero attached hydrogens (tertiary/aromatic N) is 5. The molecule has 1 N–H and O–H groups in total. The number of fused-ring (bicyclic) bond motifs is 1. The molecule has 20 heavy (non-hydrogen) atoms. The van der Waals surface area contributed by atoms with Gasteiger partial charge in [0.2, 0.25) is 0 Å². The summed E-state index contributed by atoms with van der Waals surface area (Å²) in [4.78, 5) is 16.9. The standard InChI is InChI=1S/C12H16N6OS/c1-3-9-8-5-7-20-10(8)4-6-18(9)12(19)13-11-14-16-17(2)15-11/h5,7,9H,3-4,6H2,1-2H3,(H,13,15,19). The number of carbonyl (C=O) groups excluding carboxylic acids is 1. The molecule has 2 amide bonds. The van der Waals surface area contributed by atoms with E-state index < -0.39 is 0 Å². The van der Waals surface area contributed by atoms with Crippen molar-refractivity contribution in [1.82, 2.24) is 25.1 Å². The third kappa shape index (κ3) is 2.26. The van der Waals surface area contributed by atoms with E-state index in [0.29, 0.717) is 0 Å². The molecule has 1 unspecified atom stereocenters. The summed E-state index contributed by atoms with van der Waals surface area (Å²) in [5.74, 6) is 0.239. The highest BCUT2D eigenvalue weighted by Gasteiger charge is 2.30. The van der Waals surface area contributed by atoms with Gasteiger partial charge in [0.05, 0.1) is 13.1 Å². The van der Waals surface area contributed by atoms with Crippen LogP contribution in [0.4, 0.5) is 10.7 Å². The maximum Gasteiger partial charge on any atom is 0.324 e. The molecule has 0 aliphatic carbocycles. The fourth-order valence-electron chi connectivity index (χ4n) is 2.58. The molecule has 2 aromatic rings. The van der Waals surface area contributed by atoms with Gasteiger partial charge in [-0.15, -0.1) is 16.4 Å². The molecule has 8 heteroatoms. The Morgan fingerprint density at radius 3 is 3.15 bits per heavy atom. The SMILES string of the molecule is CCC1c2ccsc2CCN1C(=O)Nc1nnn(C)n1. The van der Waals surface area contributed by atoms with Crippen molar-refractivity contribution in [3.8, 4) is 0 Å². The van der Waals surface area contributed by atoms with Crippen molar-refractivity contribution in [3.63, 3.8) is 0 Å². The highest BCUT2D eigenvalue weighted by Crippen LogP contribution is 2.35. The van der Waals surface area contributed by atoms with Crippen LogP contribution in [0.15, 0.2) is 11.4 Å². The van der Waals surface area contributed by atoms with E-state index in [-0.39, 0.29) is 18.0 Å². The zero-order valence-corrected chi connectivity index (χ0v) is 12.2. The van der Waals surface area contributed by atoms with E-state index in [1.54, 1.807) is 18.4 Å². The van der Waals surface area contributed by atoms with Gasteiger partial charge in [-0.3, -0.25) is 5.32 Å². The predicted molar refractivity (Wildman–Crippen MR) is 75.6 cm³/mol. The molecule has 0 bridgehead atoms. The first kappa shape index (κ1) is 13.0. The van der Waals surface area contributed by atoms with Gasteiger partial charge in [-0.05, 0) is 35.1 Å². The molecule has 0 fully saturated rings. The molecule has 1 aliphatic rings. The molecule has 1 aliphatic heterocycles. The third-order valence-corrected chi connectivity index (χ3v) is 4.47. The molecule has 0 aromatic carbocycles. The van der Waals surface area contributed by atoms with Gasteiger partial charge in [-0.25, -0.2) is 4.79 Å². The molecular formula is C12H16N6OS. The lowest BCUT2D eigenvalue weighted by atomic mass is 9.98. The van der Waals surface area contributed by atoms with E-state index in [9.17, 15) is 4.79 Å². The molecular weight excluding hydrogens is 276 g/mol. The van der Waals surface area contributed by atoms with Crippen molar-refractivity contribution in [1.29, 1.82) is 0 Å². The summed E-state index contributed by atoms with van der Waals surface area (Å²) in [6.45, 7) is 2.82. The summed E-state index contributed by atoms with van der Waals surface area (Å²) in [6.07, 6.45) is 1.80. The minimum Gasteiger partial charge on any atom is -0.317 e. The average molecular weight is 292 g/mol. The minimum atomic E-state index is -0.165. The second kappa shape index (κ2) is 5.20. The van der Waals surface area contributed by atoms with Crippen molar-refractivity contribution in [2.24, 2.45) is 7.05 Å². The molecule has 0 radical (unpaired) electrons. The van der Waals surface area contributed by atoms with Gasteiger partial charge in [0.15, 0.2) is 0 Å². The number of amides is 2. The van der Waals surface area contributed by atoms with Crippen molar-refractivity contribution >= 4 is 23.3 Å². The van der Waals surface area contributed by atoms with Gasteiger partial charge in [0, 0.05) is 11.4 Å². The zero-order valence-electron chi connectivity index (χ0n) is 11.4. The lowest BCUT2D eigenvalue weighted by Gasteiger charge is -2.35. The molecule has 3 heterocycles. The van der Waals surface area contributed by atoms with Crippen molar-refractivity contribution in [2.75, 3.05) is 11.9 Å². The Morgan fingerprint density at radius 1 is 1.60 bits per heavy atom. The van der Waals surface area contributed by atoms with E-state index in [1.165, 1.54) is 15.2 Å². The Hall–Kier alpha value is -1.96. The van der Waals surface area contributed by atoms with E-state index in [1.807, 2.05) is 4.90 Å². The number of anilines is 1. The smallest absolute Gasteiger partial charge is 0.317 e. The van der Waals surface area contributed by atoms with Crippen LogP contribution in [-0.2, 0) is 13.5 Å². The van der Waals surface area contributed by atoms with Gasteiger partial charge >= 0.3 is 6.03 Å². The summed E-state index contributed by atoms with van der Waals surface area (Å²) < 4.78 is 0. The largest absolute Gasteiger partial charge is 0.324 e. The van der Waals surface area contributed by atoms with Crippen LogP contribution in [0.2, 0.25) is 0 Å². The number of thiophene rings is 1. The number of carbonyl (C=O) groups is 1. The number of aryl methyl sites for hydroxylation is 1. The van der Waals surface area contributed by atoms with Gasteiger partial charge < -0.3 is 4.90 Å². The average Bonchev–Trinajstić information content (AvgIpc) is 3.06. The highest BCUT2D eigenvalue weighted by molar-refractivity contribution is 7.10. The predicted octanol–water partition coefficient (Wildman–Crippen LogP) is 1.81. The first-order valence-electron chi connectivity index (χ1n) is 6.57. The molecule has 0 saturated heterocycles. The third-order valence-electron chi connectivity index (χ3n) is 3.47. The van der Waals surface area contributed by atoms with Crippen LogP contribution in [-0.4, -0.2) is 37.7 Å². The molecule has 0 saturated carbocycles. The van der Waals surface area contributed by atoms with Gasteiger partial charge in [0.25, 0.3) is 5.95 Å². The van der Waals surface area contributed by atoms with E-state index in [0.717, 1.165) is 19.4 Å². The van der Waals surface area contributed by atoms with Crippen LogP contribution in [0.1, 0.15) is 29.8 Å². The quantitative estimate of drug-likeness (QED) is 0.916. The lowest BCUT2D eigenvalue weighted by Crippen LogP contribution is -2.42. The number of rotatable bonds is 2. The van der Waals surface area contributed by atoms with Crippen LogP contribution in [0.25, 0.3) is 0 Å². The summed E-state index contributed by atoms with van der Waals surface area (Å²) >= 11 is 1.77. The Kier molecular flexibility index (Phi) is 3.39. The Labute approximate surface area is 120 Å². The van der Waals surface area contributed by atoms with Gasteiger partial charge in [0.1, 0.15) is 0 Å². The number of urea groups is 1. The van der Waals surface area contributed by atoms with Gasteiger partial charge in [-0.1, -0.05) is 12.0 Å². The van der Waals surface area contributed by atoms with Crippen molar-refractivity contribution in [3.05, 3.63) is 21.9 Å². The van der Waals surface area contributed by atoms with Gasteiger partial charge in [-0.2, -0.15) is 4.80 Å². The Bertz CT molecular complexity index is 621. The second-order valence-electron chi connectivity index (χ2n) is 4.70. The van der Waals surface area contributed by atoms with E-state index >= 15 is 0 Å². The summed E-state index contributed by atoms with van der Waals surface area (Å²) in [6, 6.07) is 2.08. The summed E-state index contributed by atoms with van der Waals surface area (Å²) in [7, 11) is 1.66. The van der Waals surface area contributed by atoms with Crippen LogP contribution >= 0.6 is 11.3 Å². The Balaban J connectivity index is 1.78. The van der Waals surface area contributed by atoms with E-state index in [4.69, 9.17) is 0 Å². The summed E-state index contributed by atoms with van der Waals surface area (Å²) in [5.41, 5.74) is 1.27. The maximum absolute atomic E-state index is 12.4. The molecule has 106 valence electrons. The fourth-order valence-corrected chi connectivity index (χ4v) is 3.51. The molecule has 7 nitrogen and oxygen atoms in total. The van der Waals surface area contributed by atoms with Crippen molar-refractivity contribution < 1.29 is 4.79 Å². The number of aromatic nitrogens is 4. The monoisotopic (exact) mass is 292 g/mol. The van der Waals surface area contributed by atoms with Crippen LogP contribution in [0.3, 0.4) is 0 Å².